The standard InChI is InChI=1S/C20H31NO5S/c1-3-4-5-6-9-20(22)21(16-19-8-7-14-25-19)15-17-10-12-18(13-11-17)26-27(2,23)24/h10-13,19H,3-9,14-16H2,1-2H3. The summed E-state index contributed by atoms with van der Waals surface area (Å²) in [5.41, 5.74) is 0.941. The van der Waals surface area contributed by atoms with E-state index in [0.717, 1.165) is 57.0 Å². The summed E-state index contributed by atoms with van der Waals surface area (Å²) < 4.78 is 33.0. The minimum absolute atomic E-state index is 0.109. The van der Waals surface area contributed by atoms with Crippen LogP contribution >= 0.6 is 0 Å². The number of amides is 1. The Kier molecular flexibility index (Phi) is 8.57. The maximum Gasteiger partial charge on any atom is 0.306 e. The maximum atomic E-state index is 12.7. The van der Waals surface area contributed by atoms with Gasteiger partial charge < -0.3 is 13.8 Å². The number of benzene rings is 1. The van der Waals surface area contributed by atoms with Crippen molar-refractivity contribution in [2.24, 2.45) is 0 Å². The van der Waals surface area contributed by atoms with Crippen LogP contribution in [-0.4, -0.2) is 44.7 Å². The van der Waals surface area contributed by atoms with E-state index in [1.54, 1.807) is 24.3 Å². The van der Waals surface area contributed by atoms with E-state index in [1.165, 1.54) is 0 Å². The molecule has 1 atom stereocenters. The van der Waals surface area contributed by atoms with Gasteiger partial charge in [-0.3, -0.25) is 4.79 Å². The lowest BCUT2D eigenvalue weighted by atomic mass is 10.1. The van der Waals surface area contributed by atoms with E-state index in [0.29, 0.717) is 19.5 Å². The first kappa shape index (κ1) is 21.7. The predicted octanol–water partition coefficient (Wildman–Crippen LogP) is 3.50. The number of ether oxygens (including phenoxy) is 1. The van der Waals surface area contributed by atoms with Crippen molar-refractivity contribution in [2.75, 3.05) is 19.4 Å². The lowest BCUT2D eigenvalue weighted by Crippen LogP contribution is -2.36. The molecule has 6 nitrogen and oxygen atoms in total. The third-order valence-electron chi connectivity index (χ3n) is 4.59. The van der Waals surface area contributed by atoms with Gasteiger partial charge in [-0.1, -0.05) is 38.3 Å². The highest BCUT2D eigenvalue weighted by Crippen LogP contribution is 2.19. The molecule has 0 saturated carbocycles. The summed E-state index contributed by atoms with van der Waals surface area (Å²) in [7, 11) is -3.54. The van der Waals surface area contributed by atoms with Gasteiger partial charge in [-0.2, -0.15) is 8.42 Å². The zero-order chi connectivity index (χ0) is 19.7. The fourth-order valence-electron chi connectivity index (χ4n) is 3.20. The van der Waals surface area contributed by atoms with Gasteiger partial charge in [0.25, 0.3) is 0 Å². The number of carbonyl (C=O) groups is 1. The summed E-state index contributed by atoms with van der Waals surface area (Å²) in [5.74, 6) is 0.427. The van der Waals surface area contributed by atoms with Crippen molar-refractivity contribution in [3.63, 3.8) is 0 Å². The van der Waals surface area contributed by atoms with Gasteiger partial charge in [-0.15, -0.1) is 0 Å². The average molecular weight is 398 g/mol. The van der Waals surface area contributed by atoms with Crippen LogP contribution in [0.15, 0.2) is 24.3 Å². The summed E-state index contributed by atoms with van der Waals surface area (Å²) >= 11 is 0. The van der Waals surface area contributed by atoms with Gasteiger partial charge in [0, 0.05) is 26.1 Å². The molecule has 0 aliphatic carbocycles. The van der Waals surface area contributed by atoms with Crippen LogP contribution in [0.2, 0.25) is 0 Å². The molecule has 1 aromatic rings. The van der Waals surface area contributed by atoms with Gasteiger partial charge >= 0.3 is 10.1 Å². The lowest BCUT2D eigenvalue weighted by molar-refractivity contribution is -0.133. The second-order valence-corrected chi connectivity index (χ2v) is 8.73. The molecule has 7 heteroatoms. The molecule has 2 rings (SSSR count). The number of unbranched alkanes of at least 4 members (excludes halogenated alkanes) is 3. The van der Waals surface area contributed by atoms with E-state index in [9.17, 15) is 13.2 Å². The van der Waals surface area contributed by atoms with Crippen LogP contribution in [0, 0.1) is 0 Å². The highest BCUT2D eigenvalue weighted by molar-refractivity contribution is 7.86. The zero-order valence-electron chi connectivity index (χ0n) is 16.4. The van der Waals surface area contributed by atoms with Gasteiger partial charge in [-0.05, 0) is 37.0 Å². The van der Waals surface area contributed by atoms with Gasteiger partial charge in [0.2, 0.25) is 5.91 Å². The van der Waals surface area contributed by atoms with Crippen LogP contribution in [0.5, 0.6) is 5.75 Å². The largest absolute Gasteiger partial charge is 0.383 e. The molecule has 27 heavy (non-hydrogen) atoms. The van der Waals surface area contributed by atoms with Crippen LogP contribution in [0.25, 0.3) is 0 Å². The Morgan fingerprint density at radius 2 is 1.96 bits per heavy atom. The predicted molar refractivity (Wildman–Crippen MR) is 105 cm³/mol. The molecule has 0 radical (unpaired) electrons. The van der Waals surface area contributed by atoms with Crippen LogP contribution in [0.4, 0.5) is 0 Å². The molecular formula is C20H31NO5S. The van der Waals surface area contributed by atoms with Crippen molar-refractivity contribution in [1.29, 1.82) is 0 Å². The number of rotatable bonds is 11. The Morgan fingerprint density at radius 1 is 1.22 bits per heavy atom. The quantitative estimate of drug-likeness (QED) is 0.422. The molecule has 0 aromatic heterocycles. The lowest BCUT2D eigenvalue weighted by Gasteiger charge is -2.26. The van der Waals surface area contributed by atoms with E-state index in [1.807, 2.05) is 4.90 Å². The van der Waals surface area contributed by atoms with E-state index in [-0.39, 0.29) is 17.8 Å². The second-order valence-electron chi connectivity index (χ2n) is 7.15. The van der Waals surface area contributed by atoms with Crippen LogP contribution in [0.1, 0.15) is 57.4 Å². The molecule has 1 aromatic carbocycles. The number of nitrogens with zero attached hydrogens (tertiary/aromatic N) is 1. The van der Waals surface area contributed by atoms with Crippen LogP contribution in [0.3, 0.4) is 0 Å². The Bertz CT molecular complexity index is 681. The van der Waals surface area contributed by atoms with Crippen LogP contribution in [-0.2, 0) is 26.2 Å². The Balaban J connectivity index is 1.98. The molecule has 152 valence electrons. The topological polar surface area (TPSA) is 72.9 Å². The van der Waals surface area contributed by atoms with Gasteiger partial charge in [-0.25, -0.2) is 0 Å². The van der Waals surface area contributed by atoms with Crippen molar-refractivity contribution < 1.29 is 22.1 Å². The average Bonchev–Trinajstić information content (AvgIpc) is 3.11. The SMILES string of the molecule is CCCCCCC(=O)N(Cc1ccc(OS(C)(=O)=O)cc1)CC1CCCO1. The Hall–Kier alpha value is -1.60. The smallest absolute Gasteiger partial charge is 0.306 e. The molecule has 1 aliphatic rings. The molecule has 1 unspecified atom stereocenters. The van der Waals surface area contributed by atoms with Crippen molar-refractivity contribution in [2.45, 2.75) is 64.5 Å². The Labute approximate surface area is 163 Å². The number of carbonyl (C=O) groups excluding carboxylic acids is 1. The molecule has 1 fully saturated rings. The molecular weight excluding hydrogens is 366 g/mol. The molecule has 0 bridgehead atoms. The fraction of sp³-hybridized carbons (Fsp3) is 0.650. The third kappa shape index (κ3) is 8.30. The number of hydrogen-bond donors (Lipinski definition) is 0. The van der Waals surface area contributed by atoms with Crippen molar-refractivity contribution in [1.82, 2.24) is 4.90 Å². The van der Waals surface area contributed by atoms with Crippen LogP contribution < -0.4 is 4.18 Å². The van der Waals surface area contributed by atoms with E-state index >= 15 is 0 Å². The summed E-state index contributed by atoms with van der Waals surface area (Å²) in [4.78, 5) is 14.6. The highest BCUT2D eigenvalue weighted by Gasteiger charge is 2.22. The zero-order valence-corrected chi connectivity index (χ0v) is 17.2. The van der Waals surface area contributed by atoms with E-state index in [2.05, 4.69) is 6.92 Å². The molecule has 0 spiro atoms. The van der Waals surface area contributed by atoms with Crippen molar-refractivity contribution in [3.8, 4) is 5.75 Å². The summed E-state index contributed by atoms with van der Waals surface area (Å²) in [6.07, 6.45) is 8.00. The first-order valence-electron chi connectivity index (χ1n) is 9.75. The van der Waals surface area contributed by atoms with Gasteiger partial charge in [0.15, 0.2) is 0 Å². The molecule has 1 aliphatic heterocycles. The number of hydrogen-bond acceptors (Lipinski definition) is 5. The highest BCUT2D eigenvalue weighted by atomic mass is 32.2. The first-order chi connectivity index (χ1) is 12.9. The van der Waals surface area contributed by atoms with Crippen molar-refractivity contribution in [3.05, 3.63) is 29.8 Å². The molecule has 1 saturated heterocycles. The van der Waals surface area contributed by atoms with E-state index in [4.69, 9.17) is 8.92 Å². The first-order valence-corrected chi connectivity index (χ1v) is 11.6. The Morgan fingerprint density at radius 3 is 2.56 bits per heavy atom. The molecule has 1 heterocycles. The van der Waals surface area contributed by atoms with Crippen molar-refractivity contribution >= 4 is 16.0 Å². The monoisotopic (exact) mass is 397 g/mol. The van der Waals surface area contributed by atoms with Gasteiger partial charge in [0.1, 0.15) is 5.75 Å². The third-order valence-corrected chi connectivity index (χ3v) is 5.08. The second kappa shape index (κ2) is 10.7. The summed E-state index contributed by atoms with van der Waals surface area (Å²) in [6.45, 7) is 4.02. The molecule has 0 N–H and O–H groups in total. The van der Waals surface area contributed by atoms with Gasteiger partial charge in [0.05, 0.1) is 12.4 Å². The normalized spacial score (nSPS) is 17.0. The summed E-state index contributed by atoms with van der Waals surface area (Å²) in [6, 6.07) is 6.83. The summed E-state index contributed by atoms with van der Waals surface area (Å²) in [5, 5.41) is 0. The molecule has 1 amide bonds. The fourth-order valence-corrected chi connectivity index (χ4v) is 3.66. The minimum Gasteiger partial charge on any atom is -0.383 e. The van der Waals surface area contributed by atoms with E-state index < -0.39 is 10.1 Å². The maximum absolute atomic E-state index is 12.7. The minimum atomic E-state index is -3.54.